The Bertz CT molecular complexity index is 1020. The highest BCUT2D eigenvalue weighted by Crippen LogP contribution is 2.21. The summed E-state index contributed by atoms with van der Waals surface area (Å²) in [6.45, 7) is 4.92. The van der Waals surface area contributed by atoms with Crippen LogP contribution < -0.4 is 10.6 Å². The number of aliphatic imine (C=N–C) groups is 1. The van der Waals surface area contributed by atoms with Gasteiger partial charge in [0.2, 0.25) is 5.89 Å². The van der Waals surface area contributed by atoms with Gasteiger partial charge in [-0.3, -0.25) is 9.89 Å². The smallest absolute Gasteiger partial charge is 0.226 e. The van der Waals surface area contributed by atoms with E-state index in [4.69, 9.17) is 4.42 Å². The summed E-state index contributed by atoms with van der Waals surface area (Å²) in [7, 11) is 1.79. The topological polar surface area (TPSA) is 65.7 Å². The molecule has 1 saturated heterocycles. The molecular formula is C25H31FIN5O. The van der Waals surface area contributed by atoms with E-state index in [0.717, 1.165) is 36.7 Å². The summed E-state index contributed by atoms with van der Waals surface area (Å²) in [5, 5.41) is 6.92. The predicted octanol–water partition coefficient (Wildman–Crippen LogP) is 4.47. The Kier molecular flexibility index (Phi) is 9.25. The number of halogens is 2. The van der Waals surface area contributed by atoms with E-state index in [9.17, 15) is 4.39 Å². The summed E-state index contributed by atoms with van der Waals surface area (Å²) in [6, 6.07) is 17.6. The lowest BCUT2D eigenvalue weighted by molar-refractivity contribution is 0.258. The van der Waals surface area contributed by atoms with Crippen LogP contribution >= 0.6 is 24.0 Å². The first-order valence-electron chi connectivity index (χ1n) is 11.1. The van der Waals surface area contributed by atoms with E-state index in [-0.39, 0.29) is 29.8 Å². The van der Waals surface area contributed by atoms with Gasteiger partial charge in [0, 0.05) is 50.7 Å². The van der Waals surface area contributed by atoms with Crippen LogP contribution in [-0.2, 0) is 13.0 Å². The van der Waals surface area contributed by atoms with Crippen LogP contribution in [0.15, 0.2) is 70.3 Å². The normalized spacial score (nSPS) is 18.7. The van der Waals surface area contributed by atoms with Crippen LogP contribution in [0.25, 0.3) is 11.5 Å². The molecule has 0 radical (unpaired) electrons. The van der Waals surface area contributed by atoms with Crippen molar-refractivity contribution >= 4 is 29.9 Å². The van der Waals surface area contributed by atoms with Crippen LogP contribution in [0, 0.1) is 5.82 Å². The molecular weight excluding hydrogens is 532 g/mol. The number of likely N-dealkylation sites (tertiary alicyclic amines) is 1. The molecule has 33 heavy (non-hydrogen) atoms. The summed E-state index contributed by atoms with van der Waals surface area (Å²) in [5.41, 5.74) is 2.95. The van der Waals surface area contributed by atoms with Gasteiger partial charge in [0.25, 0.3) is 0 Å². The number of aromatic nitrogens is 1. The third kappa shape index (κ3) is 7.01. The maximum absolute atomic E-state index is 13.1. The molecule has 1 aromatic heterocycles. The Morgan fingerprint density at radius 3 is 2.67 bits per heavy atom. The van der Waals surface area contributed by atoms with E-state index in [2.05, 4.69) is 62.8 Å². The number of hydrogen-bond acceptors (Lipinski definition) is 4. The SMILES string of the molecule is CN=C(NCCc1coc(-c2ccc(F)cc2)n1)NC1CC(C)N(Cc2ccccc2)C1.I. The first kappa shape index (κ1) is 25.2. The van der Waals surface area contributed by atoms with Gasteiger partial charge in [-0.25, -0.2) is 9.37 Å². The standard InChI is InChI=1S/C25H30FN5O.HI/c1-18-14-23(16-31(18)15-19-6-4-3-5-7-19)30-25(27-2)28-13-12-22-17-32-24(29-22)20-8-10-21(26)11-9-20;/h3-11,17-18,23H,12-16H2,1-2H3,(H2,27,28,30);1H. The van der Waals surface area contributed by atoms with Crippen molar-refractivity contribution < 1.29 is 8.81 Å². The molecule has 0 aliphatic carbocycles. The van der Waals surface area contributed by atoms with Crippen molar-refractivity contribution in [2.45, 2.75) is 38.4 Å². The monoisotopic (exact) mass is 563 g/mol. The van der Waals surface area contributed by atoms with E-state index >= 15 is 0 Å². The van der Waals surface area contributed by atoms with E-state index in [1.807, 2.05) is 0 Å². The predicted molar refractivity (Wildman–Crippen MR) is 140 cm³/mol. The minimum atomic E-state index is -0.275. The first-order valence-corrected chi connectivity index (χ1v) is 11.1. The number of guanidine groups is 1. The third-order valence-electron chi connectivity index (χ3n) is 5.81. The Balaban J connectivity index is 0.00000306. The van der Waals surface area contributed by atoms with Gasteiger partial charge in [-0.1, -0.05) is 30.3 Å². The number of oxazole rings is 1. The van der Waals surface area contributed by atoms with Gasteiger partial charge < -0.3 is 15.1 Å². The van der Waals surface area contributed by atoms with Crippen LogP contribution in [-0.4, -0.2) is 48.1 Å². The van der Waals surface area contributed by atoms with Crippen molar-refractivity contribution in [2.24, 2.45) is 4.99 Å². The third-order valence-corrected chi connectivity index (χ3v) is 5.81. The number of nitrogens with one attached hydrogen (secondary N) is 2. The molecule has 2 N–H and O–H groups in total. The van der Waals surface area contributed by atoms with Crippen molar-refractivity contribution in [3.8, 4) is 11.5 Å². The average molecular weight is 563 g/mol. The molecule has 0 bridgehead atoms. The van der Waals surface area contributed by atoms with E-state index in [1.54, 1.807) is 25.4 Å². The summed E-state index contributed by atoms with van der Waals surface area (Å²) in [4.78, 5) is 11.4. The second-order valence-corrected chi connectivity index (χ2v) is 8.24. The summed E-state index contributed by atoms with van der Waals surface area (Å²) >= 11 is 0. The zero-order valence-corrected chi connectivity index (χ0v) is 21.3. The maximum Gasteiger partial charge on any atom is 0.226 e. The zero-order chi connectivity index (χ0) is 22.3. The van der Waals surface area contributed by atoms with Crippen molar-refractivity contribution in [1.82, 2.24) is 20.5 Å². The molecule has 2 atom stereocenters. The van der Waals surface area contributed by atoms with Gasteiger partial charge in [0.1, 0.15) is 12.1 Å². The molecule has 0 spiro atoms. The van der Waals surface area contributed by atoms with Crippen molar-refractivity contribution in [2.75, 3.05) is 20.1 Å². The summed E-state index contributed by atoms with van der Waals surface area (Å²) < 4.78 is 18.6. The number of hydrogen-bond donors (Lipinski definition) is 2. The molecule has 4 rings (SSSR count). The maximum atomic E-state index is 13.1. The Labute approximate surface area is 211 Å². The van der Waals surface area contributed by atoms with Crippen molar-refractivity contribution in [3.05, 3.63) is 77.9 Å². The molecule has 176 valence electrons. The highest BCUT2D eigenvalue weighted by atomic mass is 127. The molecule has 1 aliphatic rings. The Hall–Kier alpha value is -2.46. The molecule has 0 amide bonds. The highest BCUT2D eigenvalue weighted by molar-refractivity contribution is 14.0. The lowest BCUT2D eigenvalue weighted by atomic mass is 10.2. The number of nitrogens with zero attached hydrogens (tertiary/aromatic N) is 3. The minimum Gasteiger partial charge on any atom is -0.444 e. The molecule has 2 unspecified atom stereocenters. The fraction of sp³-hybridized carbons (Fsp3) is 0.360. The molecule has 3 aromatic rings. The summed E-state index contributed by atoms with van der Waals surface area (Å²) in [6.07, 6.45) is 3.43. The molecule has 2 heterocycles. The van der Waals surface area contributed by atoms with E-state index < -0.39 is 0 Å². The Morgan fingerprint density at radius 2 is 1.94 bits per heavy atom. The molecule has 1 aliphatic heterocycles. The van der Waals surface area contributed by atoms with Crippen molar-refractivity contribution in [3.63, 3.8) is 0 Å². The lowest BCUT2D eigenvalue weighted by Crippen LogP contribution is -2.45. The fourth-order valence-electron chi connectivity index (χ4n) is 4.09. The number of rotatable bonds is 7. The fourth-order valence-corrected chi connectivity index (χ4v) is 4.09. The van der Waals surface area contributed by atoms with Gasteiger partial charge in [-0.2, -0.15) is 0 Å². The number of benzene rings is 2. The molecule has 0 saturated carbocycles. The van der Waals surface area contributed by atoms with Crippen LogP contribution in [0.1, 0.15) is 24.6 Å². The largest absolute Gasteiger partial charge is 0.444 e. The first-order chi connectivity index (χ1) is 15.6. The van der Waals surface area contributed by atoms with Gasteiger partial charge in [0.15, 0.2) is 5.96 Å². The van der Waals surface area contributed by atoms with Gasteiger partial charge in [-0.15, -0.1) is 24.0 Å². The second-order valence-electron chi connectivity index (χ2n) is 8.24. The van der Waals surface area contributed by atoms with Crippen LogP contribution in [0.2, 0.25) is 0 Å². The minimum absolute atomic E-state index is 0. The molecule has 1 fully saturated rings. The highest BCUT2D eigenvalue weighted by Gasteiger charge is 2.29. The zero-order valence-electron chi connectivity index (χ0n) is 19.0. The van der Waals surface area contributed by atoms with Crippen LogP contribution in [0.5, 0.6) is 0 Å². The van der Waals surface area contributed by atoms with Crippen LogP contribution in [0.3, 0.4) is 0 Å². The second kappa shape index (κ2) is 12.1. The molecule has 8 heteroatoms. The van der Waals surface area contributed by atoms with E-state index in [0.29, 0.717) is 30.9 Å². The van der Waals surface area contributed by atoms with Crippen molar-refractivity contribution in [1.29, 1.82) is 0 Å². The quantitative estimate of drug-likeness (QED) is 0.253. The molecule has 6 nitrogen and oxygen atoms in total. The van der Waals surface area contributed by atoms with E-state index in [1.165, 1.54) is 17.7 Å². The van der Waals surface area contributed by atoms with Crippen LogP contribution in [0.4, 0.5) is 4.39 Å². The lowest BCUT2D eigenvalue weighted by Gasteiger charge is -2.21. The Morgan fingerprint density at radius 1 is 1.18 bits per heavy atom. The van der Waals surface area contributed by atoms with Gasteiger partial charge in [-0.05, 0) is 43.2 Å². The van der Waals surface area contributed by atoms with Gasteiger partial charge >= 0.3 is 0 Å². The molecule has 2 aromatic carbocycles. The van der Waals surface area contributed by atoms with Gasteiger partial charge in [0.05, 0.1) is 5.69 Å². The average Bonchev–Trinajstić information content (AvgIpc) is 3.41. The summed E-state index contributed by atoms with van der Waals surface area (Å²) in [5.74, 6) is 1.02.